The highest BCUT2D eigenvalue weighted by atomic mass is 19.1. The molecule has 1 heterocycles. The van der Waals surface area contributed by atoms with E-state index >= 15 is 0 Å². The van der Waals surface area contributed by atoms with E-state index in [0.717, 1.165) is 11.1 Å². The molecule has 84 valence electrons. The molecule has 0 fully saturated rings. The summed E-state index contributed by atoms with van der Waals surface area (Å²) in [5.41, 5.74) is 0.666. The Morgan fingerprint density at radius 3 is 3.00 bits per heavy atom. The van der Waals surface area contributed by atoms with Gasteiger partial charge in [0.2, 0.25) is 5.91 Å². The summed E-state index contributed by atoms with van der Waals surface area (Å²) < 4.78 is 18.4. The van der Waals surface area contributed by atoms with Gasteiger partial charge in [0, 0.05) is 25.3 Å². The Hall–Kier alpha value is -1.84. The van der Waals surface area contributed by atoms with Crippen LogP contribution in [0.3, 0.4) is 0 Å². The smallest absolute Gasteiger partial charge is 0.216 e. The van der Waals surface area contributed by atoms with Crippen molar-refractivity contribution in [3.05, 3.63) is 35.8 Å². The summed E-state index contributed by atoms with van der Waals surface area (Å²) in [6.45, 7) is 1.99. The molecular weight excluding hydrogens is 209 g/mol. The molecule has 2 aromatic rings. The molecule has 0 spiro atoms. The Bertz CT molecular complexity index is 519. The number of carbonyl (C=O) groups is 1. The number of carbonyl (C=O) groups excluding carboxylic acids is 1. The minimum absolute atomic E-state index is 0.0674. The Morgan fingerprint density at radius 1 is 1.44 bits per heavy atom. The summed E-state index contributed by atoms with van der Waals surface area (Å²) in [6, 6.07) is 6.19. The van der Waals surface area contributed by atoms with Crippen LogP contribution < -0.4 is 5.32 Å². The third-order valence-corrected chi connectivity index (χ3v) is 2.27. The molecule has 0 saturated heterocycles. The zero-order chi connectivity index (χ0) is 11.5. The maximum Gasteiger partial charge on any atom is 0.216 e. The molecule has 0 aliphatic carbocycles. The number of rotatable bonds is 3. The highest BCUT2D eigenvalue weighted by Crippen LogP contribution is 2.20. The molecular formula is C12H12FNO2. The van der Waals surface area contributed by atoms with Gasteiger partial charge in [-0.15, -0.1) is 0 Å². The van der Waals surface area contributed by atoms with Crippen LogP contribution in [0.2, 0.25) is 0 Å². The monoisotopic (exact) mass is 221 g/mol. The summed E-state index contributed by atoms with van der Waals surface area (Å²) in [7, 11) is 0. The lowest BCUT2D eigenvalue weighted by atomic mass is 10.2. The average molecular weight is 221 g/mol. The molecule has 0 saturated carbocycles. The number of hydrogen-bond donors (Lipinski definition) is 1. The van der Waals surface area contributed by atoms with Gasteiger partial charge in [0.05, 0.1) is 0 Å². The molecule has 0 bridgehead atoms. The zero-order valence-corrected chi connectivity index (χ0v) is 8.92. The Morgan fingerprint density at radius 2 is 2.25 bits per heavy atom. The Labute approximate surface area is 92.2 Å². The van der Waals surface area contributed by atoms with E-state index in [2.05, 4.69) is 5.32 Å². The van der Waals surface area contributed by atoms with E-state index in [1.807, 2.05) is 0 Å². The van der Waals surface area contributed by atoms with E-state index in [0.29, 0.717) is 18.5 Å². The number of amides is 1. The van der Waals surface area contributed by atoms with Crippen LogP contribution in [0.1, 0.15) is 12.7 Å². The molecule has 1 aromatic heterocycles. The standard InChI is InChI=1S/C12H12FNO2/c1-8(15)14-5-4-11-7-9-6-10(13)2-3-12(9)16-11/h2-3,6-7H,4-5H2,1H3,(H,14,15). The fourth-order valence-electron chi connectivity index (χ4n) is 1.55. The van der Waals surface area contributed by atoms with Crippen molar-refractivity contribution in [2.45, 2.75) is 13.3 Å². The molecule has 16 heavy (non-hydrogen) atoms. The van der Waals surface area contributed by atoms with Crippen molar-refractivity contribution in [1.82, 2.24) is 5.32 Å². The molecule has 0 radical (unpaired) electrons. The van der Waals surface area contributed by atoms with Crippen LogP contribution in [0.5, 0.6) is 0 Å². The number of benzene rings is 1. The lowest BCUT2D eigenvalue weighted by Gasteiger charge is -1.97. The number of furan rings is 1. The van der Waals surface area contributed by atoms with Gasteiger partial charge in [-0.3, -0.25) is 4.79 Å². The quantitative estimate of drug-likeness (QED) is 0.863. The molecule has 2 rings (SSSR count). The second-order valence-electron chi connectivity index (χ2n) is 3.63. The van der Waals surface area contributed by atoms with Gasteiger partial charge in [-0.1, -0.05) is 0 Å². The van der Waals surface area contributed by atoms with Crippen LogP contribution in [0.4, 0.5) is 4.39 Å². The molecule has 0 unspecified atom stereocenters. The predicted molar refractivity (Wildman–Crippen MR) is 58.6 cm³/mol. The molecule has 3 nitrogen and oxygen atoms in total. The molecule has 1 aromatic carbocycles. The highest BCUT2D eigenvalue weighted by molar-refractivity contribution is 5.78. The Kier molecular flexibility index (Phi) is 2.90. The van der Waals surface area contributed by atoms with Crippen LogP contribution in [0.15, 0.2) is 28.7 Å². The lowest BCUT2D eigenvalue weighted by molar-refractivity contribution is -0.118. The van der Waals surface area contributed by atoms with E-state index in [1.165, 1.54) is 19.1 Å². The fraction of sp³-hybridized carbons (Fsp3) is 0.250. The minimum Gasteiger partial charge on any atom is -0.461 e. The topological polar surface area (TPSA) is 42.2 Å². The van der Waals surface area contributed by atoms with E-state index in [1.54, 1.807) is 12.1 Å². The first kappa shape index (κ1) is 10.7. The average Bonchev–Trinajstić information content (AvgIpc) is 2.58. The molecule has 0 aliphatic rings. The van der Waals surface area contributed by atoms with Crippen molar-refractivity contribution in [2.24, 2.45) is 0 Å². The van der Waals surface area contributed by atoms with Crippen LogP contribution >= 0.6 is 0 Å². The summed E-state index contributed by atoms with van der Waals surface area (Å²) >= 11 is 0. The van der Waals surface area contributed by atoms with Crippen LogP contribution in [-0.2, 0) is 11.2 Å². The first-order valence-corrected chi connectivity index (χ1v) is 5.07. The van der Waals surface area contributed by atoms with E-state index in [4.69, 9.17) is 4.42 Å². The van der Waals surface area contributed by atoms with Gasteiger partial charge in [0.15, 0.2) is 0 Å². The van der Waals surface area contributed by atoms with Crippen molar-refractivity contribution in [1.29, 1.82) is 0 Å². The SMILES string of the molecule is CC(=O)NCCc1cc2cc(F)ccc2o1. The minimum atomic E-state index is -0.276. The van der Waals surface area contributed by atoms with Crippen molar-refractivity contribution in [3.63, 3.8) is 0 Å². The largest absolute Gasteiger partial charge is 0.461 e. The zero-order valence-electron chi connectivity index (χ0n) is 8.92. The van der Waals surface area contributed by atoms with Crippen molar-refractivity contribution >= 4 is 16.9 Å². The summed E-state index contributed by atoms with van der Waals surface area (Å²) in [5, 5.41) is 3.42. The van der Waals surface area contributed by atoms with Crippen LogP contribution in [0.25, 0.3) is 11.0 Å². The van der Waals surface area contributed by atoms with Crippen LogP contribution in [0, 0.1) is 5.82 Å². The number of hydrogen-bond acceptors (Lipinski definition) is 2. The van der Waals surface area contributed by atoms with Gasteiger partial charge in [0.25, 0.3) is 0 Å². The molecule has 0 atom stereocenters. The van der Waals surface area contributed by atoms with Gasteiger partial charge < -0.3 is 9.73 Å². The van der Waals surface area contributed by atoms with Crippen molar-refractivity contribution in [2.75, 3.05) is 6.54 Å². The lowest BCUT2D eigenvalue weighted by Crippen LogP contribution is -2.22. The second-order valence-corrected chi connectivity index (χ2v) is 3.63. The first-order valence-electron chi connectivity index (χ1n) is 5.07. The van der Waals surface area contributed by atoms with Crippen LogP contribution in [-0.4, -0.2) is 12.5 Å². The number of halogens is 1. The molecule has 1 N–H and O–H groups in total. The van der Waals surface area contributed by atoms with Gasteiger partial charge in [0.1, 0.15) is 17.2 Å². The molecule has 1 amide bonds. The van der Waals surface area contributed by atoms with Gasteiger partial charge in [-0.2, -0.15) is 0 Å². The van der Waals surface area contributed by atoms with E-state index in [9.17, 15) is 9.18 Å². The maximum atomic E-state index is 12.9. The van der Waals surface area contributed by atoms with E-state index in [-0.39, 0.29) is 11.7 Å². The fourth-order valence-corrected chi connectivity index (χ4v) is 1.55. The van der Waals surface area contributed by atoms with Crippen molar-refractivity contribution < 1.29 is 13.6 Å². The number of nitrogens with one attached hydrogen (secondary N) is 1. The van der Waals surface area contributed by atoms with Gasteiger partial charge in [-0.25, -0.2) is 4.39 Å². The normalized spacial score (nSPS) is 10.6. The Balaban J connectivity index is 2.10. The van der Waals surface area contributed by atoms with Gasteiger partial charge >= 0.3 is 0 Å². The predicted octanol–water partition coefficient (Wildman–Crippen LogP) is 2.25. The summed E-state index contributed by atoms with van der Waals surface area (Å²) in [6.07, 6.45) is 0.607. The van der Waals surface area contributed by atoms with E-state index < -0.39 is 0 Å². The third kappa shape index (κ3) is 2.39. The third-order valence-electron chi connectivity index (χ3n) is 2.27. The number of fused-ring (bicyclic) bond motifs is 1. The highest BCUT2D eigenvalue weighted by Gasteiger charge is 2.04. The molecule has 0 aliphatic heterocycles. The van der Waals surface area contributed by atoms with Gasteiger partial charge in [-0.05, 0) is 24.3 Å². The maximum absolute atomic E-state index is 12.9. The van der Waals surface area contributed by atoms with Crippen molar-refractivity contribution in [3.8, 4) is 0 Å². The summed E-state index contributed by atoms with van der Waals surface area (Å²) in [4.78, 5) is 10.7. The summed E-state index contributed by atoms with van der Waals surface area (Å²) in [5.74, 6) is 0.401. The molecule has 4 heteroatoms. The first-order chi connectivity index (χ1) is 7.65. The second kappa shape index (κ2) is 4.35.